The van der Waals surface area contributed by atoms with E-state index >= 15 is 0 Å². The third kappa shape index (κ3) is 7.21. The van der Waals surface area contributed by atoms with Gasteiger partial charge in [-0.3, -0.25) is 4.79 Å². The molecule has 0 saturated carbocycles. The number of hydrogen-bond acceptors (Lipinski definition) is 5. The summed E-state index contributed by atoms with van der Waals surface area (Å²) in [6.07, 6.45) is 0. The number of aliphatic hydroxyl groups excluding tert-OH is 1. The van der Waals surface area contributed by atoms with Crippen LogP contribution in [0.5, 0.6) is 0 Å². The molecule has 0 aromatic carbocycles. The van der Waals surface area contributed by atoms with Crippen molar-refractivity contribution in [1.29, 1.82) is 0 Å². The summed E-state index contributed by atoms with van der Waals surface area (Å²) >= 11 is 0. The van der Waals surface area contributed by atoms with Crippen molar-refractivity contribution in [2.45, 2.75) is 6.04 Å². The lowest BCUT2D eigenvalue weighted by atomic mass is 10.3. The number of likely N-dealkylation sites (N-methyl/N-ethyl adjacent to an activating group) is 1. The Morgan fingerprint density at radius 3 is 2.47 bits per heavy atom. The van der Waals surface area contributed by atoms with Gasteiger partial charge in [0.25, 0.3) is 0 Å². The molecule has 0 aliphatic carbocycles. The molecule has 110 valence electrons. The van der Waals surface area contributed by atoms with Gasteiger partial charge in [-0.05, 0) is 0 Å². The van der Waals surface area contributed by atoms with Gasteiger partial charge in [0.05, 0.1) is 13.2 Å². The van der Waals surface area contributed by atoms with Crippen molar-refractivity contribution in [2.75, 3.05) is 40.5 Å². The topological polar surface area (TPSA) is 128 Å². The fourth-order valence-corrected chi connectivity index (χ4v) is 1.08. The highest BCUT2D eigenvalue weighted by atomic mass is 16.5. The van der Waals surface area contributed by atoms with Gasteiger partial charge in [0.1, 0.15) is 6.54 Å². The van der Waals surface area contributed by atoms with E-state index in [0.717, 1.165) is 4.90 Å². The highest BCUT2D eigenvalue weighted by molar-refractivity contribution is 5.86. The number of aliphatic hydroxyl groups is 1. The summed E-state index contributed by atoms with van der Waals surface area (Å²) in [4.78, 5) is 34.5. The van der Waals surface area contributed by atoms with Crippen LogP contribution >= 0.6 is 0 Å². The Bertz CT molecular complexity index is 322. The Balaban J connectivity index is 4.12. The van der Waals surface area contributed by atoms with E-state index < -0.39 is 30.6 Å². The van der Waals surface area contributed by atoms with Crippen molar-refractivity contribution in [3.8, 4) is 0 Å². The molecule has 0 aliphatic heterocycles. The molecule has 9 nitrogen and oxygen atoms in total. The number of carbonyl (C=O) groups is 3. The third-order valence-electron chi connectivity index (χ3n) is 2.13. The predicted octanol–water partition coefficient (Wildman–Crippen LogP) is -2.16. The number of aliphatic carboxylic acids is 1. The van der Waals surface area contributed by atoms with E-state index in [9.17, 15) is 14.4 Å². The summed E-state index contributed by atoms with van der Waals surface area (Å²) in [5, 5.41) is 22.0. The average Bonchev–Trinajstić information content (AvgIpc) is 2.35. The van der Waals surface area contributed by atoms with Gasteiger partial charge in [0.2, 0.25) is 5.91 Å². The zero-order chi connectivity index (χ0) is 14.8. The Labute approximate surface area is 110 Å². The summed E-state index contributed by atoms with van der Waals surface area (Å²) in [6, 6.07) is -2.16. The molecule has 9 heteroatoms. The smallest absolute Gasteiger partial charge is 0.328 e. The Morgan fingerprint density at radius 1 is 1.37 bits per heavy atom. The van der Waals surface area contributed by atoms with Gasteiger partial charge in [0.15, 0.2) is 6.04 Å². The number of hydrogen-bond donors (Lipinski definition) is 4. The fraction of sp³-hybridized carbons (Fsp3) is 0.700. The molecule has 0 aromatic rings. The van der Waals surface area contributed by atoms with Crippen molar-refractivity contribution in [2.24, 2.45) is 0 Å². The normalized spacial score (nSPS) is 11.5. The molecule has 0 aromatic heterocycles. The van der Waals surface area contributed by atoms with Crippen molar-refractivity contribution in [3.63, 3.8) is 0 Å². The summed E-state index contributed by atoms with van der Waals surface area (Å²) in [5.74, 6) is -1.75. The number of urea groups is 1. The Hall–Kier alpha value is -1.87. The van der Waals surface area contributed by atoms with E-state index in [0.29, 0.717) is 13.2 Å². The van der Waals surface area contributed by atoms with E-state index in [-0.39, 0.29) is 6.54 Å². The lowest BCUT2D eigenvalue weighted by molar-refractivity contribution is -0.140. The minimum absolute atomic E-state index is 0.229. The Morgan fingerprint density at radius 2 is 2.00 bits per heavy atom. The van der Waals surface area contributed by atoms with Crippen molar-refractivity contribution in [1.82, 2.24) is 15.5 Å². The molecule has 0 heterocycles. The zero-order valence-electron chi connectivity index (χ0n) is 10.9. The minimum Gasteiger partial charge on any atom is -0.480 e. The van der Waals surface area contributed by atoms with Crippen LogP contribution in [0.2, 0.25) is 0 Å². The third-order valence-corrected chi connectivity index (χ3v) is 2.13. The van der Waals surface area contributed by atoms with Gasteiger partial charge in [-0.2, -0.15) is 0 Å². The van der Waals surface area contributed by atoms with E-state index in [1.807, 2.05) is 0 Å². The zero-order valence-corrected chi connectivity index (χ0v) is 10.9. The second-order valence-corrected chi connectivity index (χ2v) is 3.72. The number of ether oxygens (including phenoxy) is 1. The number of nitrogens with one attached hydrogen (secondary N) is 2. The first kappa shape index (κ1) is 17.1. The van der Waals surface area contributed by atoms with Crippen molar-refractivity contribution >= 4 is 17.9 Å². The van der Waals surface area contributed by atoms with Crippen LogP contribution in [-0.2, 0) is 14.3 Å². The Kier molecular flexibility index (Phi) is 8.22. The number of nitrogens with zero attached hydrogens (tertiary/aromatic N) is 1. The first-order chi connectivity index (χ1) is 8.92. The van der Waals surface area contributed by atoms with Crippen LogP contribution in [0.1, 0.15) is 0 Å². The molecule has 0 rings (SSSR count). The van der Waals surface area contributed by atoms with E-state index in [4.69, 9.17) is 14.9 Å². The summed E-state index contributed by atoms with van der Waals surface area (Å²) in [5.41, 5.74) is 0. The molecular weight excluding hydrogens is 258 g/mol. The van der Waals surface area contributed by atoms with Gasteiger partial charge < -0.3 is 30.5 Å². The molecule has 19 heavy (non-hydrogen) atoms. The minimum atomic E-state index is -1.40. The first-order valence-electron chi connectivity index (χ1n) is 5.53. The molecule has 0 bridgehead atoms. The van der Waals surface area contributed by atoms with Crippen LogP contribution in [0.25, 0.3) is 0 Å². The molecule has 1 atom stereocenters. The van der Waals surface area contributed by atoms with Crippen LogP contribution in [-0.4, -0.2) is 79.5 Å². The van der Waals surface area contributed by atoms with Crippen molar-refractivity contribution < 1.29 is 29.3 Å². The summed E-state index contributed by atoms with van der Waals surface area (Å²) in [7, 11) is 2.83. The van der Waals surface area contributed by atoms with E-state index in [1.165, 1.54) is 14.2 Å². The molecule has 4 N–H and O–H groups in total. The molecule has 0 aliphatic rings. The van der Waals surface area contributed by atoms with Crippen LogP contribution in [0.4, 0.5) is 4.79 Å². The van der Waals surface area contributed by atoms with Crippen LogP contribution in [0.3, 0.4) is 0 Å². The highest BCUT2D eigenvalue weighted by Gasteiger charge is 2.21. The standard InChI is InChI=1S/C10H19N3O6/c1-13(5-8(15)11-3-4-19-2)10(18)12-7(6-14)9(16)17/h7,14H,3-6H2,1-2H3,(H,11,15)(H,12,18)(H,16,17)/t7-/m1/s1. The molecule has 0 fully saturated rings. The number of carbonyl (C=O) groups excluding carboxylic acids is 2. The lowest BCUT2D eigenvalue weighted by Crippen LogP contribution is -2.50. The number of rotatable bonds is 8. The quantitative estimate of drug-likeness (QED) is 0.374. The largest absolute Gasteiger partial charge is 0.480 e. The molecular formula is C10H19N3O6. The van der Waals surface area contributed by atoms with Crippen LogP contribution in [0.15, 0.2) is 0 Å². The SMILES string of the molecule is COCCNC(=O)CN(C)C(=O)N[C@H](CO)C(=O)O. The van der Waals surface area contributed by atoms with E-state index in [2.05, 4.69) is 10.6 Å². The fourth-order valence-electron chi connectivity index (χ4n) is 1.08. The van der Waals surface area contributed by atoms with E-state index in [1.54, 1.807) is 0 Å². The number of carboxylic acid groups (broad SMARTS) is 1. The second kappa shape index (κ2) is 9.11. The summed E-state index contributed by atoms with van der Waals surface area (Å²) in [6.45, 7) is -0.283. The van der Waals surface area contributed by atoms with Gasteiger partial charge >= 0.3 is 12.0 Å². The van der Waals surface area contributed by atoms with Crippen molar-refractivity contribution in [3.05, 3.63) is 0 Å². The van der Waals surface area contributed by atoms with Gasteiger partial charge in [-0.25, -0.2) is 9.59 Å². The van der Waals surface area contributed by atoms with Crippen LogP contribution < -0.4 is 10.6 Å². The highest BCUT2D eigenvalue weighted by Crippen LogP contribution is 1.89. The lowest BCUT2D eigenvalue weighted by Gasteiger charge is -2.20. The number of methoxy groups -OCH3 is 1. The molecule has 0 saturated heterocycles. The van der Waals surface area contributed by atoms with Gasteiger partial charge in [-0.1, -0.05) is 0 Å². The molecule has 0 radical (unpaired) electrons. The first-order valence-corrected chi connectivity index (χ1v) is 5.53. The van der Waals surface area contributed by atoms with Gasteiger partial charge in [-0.15, -0.1) is 0 Å². The maximum Gasteiger partial charge on any atom is 0.328 e. The maximum atomic E-state index is 11.5. The van der Waals surface area contributed by atoms with Gasteiger partial charge in [0, 0.05) is 20.7 Å². The molecule has 0 unspecified atom stereocenters. The second-order valence-electron chi connectivity index (χ2n) is 3.72. The number of amides is 3. The predicted molar refractivity (Wildman–Crippen MR) is 64.6 cm³/mol. The summed E-state index contributed by atoms with van der Waals surface area (Å²) < 4.78 is 4.74. The average molecular weight is 277 g/mol. The monoisotopic (exact) mass is 277 g/mol. The molecule has 0 spiro atoms. The maximum absolute atomic E-state index is 11.5. The molecule has 3 amide bonds. The van der Waals surface area contributed by atoms with Crippen LogP contribution in [0, 0.1) is 0 Å². The number of carboxylic acids is 1.